The Morgan fingerprint density at radius 2 is 2.21 bits per heavy atom. The van der Waals surface area contributed by atoms with Crippen LogP contribution in [0.4, 0.5) is 0 Å². The highest BCUT2D eigenvalue weighted by atomic mass is 16.4. The summed E-state index contributed by atoms with van der Waals surface area (Å²) in [5.41, 5.74) is 0.992. The molecular formula is C10H8O4. The molecule has 0 saturated heterocycles. The van der Waals surface area contributed by atoms with Crippen LogP contribution in [0.15, 0.2) is 28.9 Å². The van der Waals surface area contributed by atoms with Crippen LogP contribution in [0.25, 0.3) is 11.0 Å². The number of aromatic hydroxyl groups is 1. The Morgan fingerprint density at radius 3 is 2.93 bits per heavy atom. The number of furan rings is 1. The van der Waals surface area contributed by atoms with Gasteiger partial charge in [0.05, 0.1) is 18.1 Å². The highest BCUT2D eigenvalue weighted by molar-refractivity contribution is 5.90. The Morgan fingerprint density at radius 1 is 1.43 bits per heavy atom. The van der Waals surface area contributed by atoms with Crippen molar-refractivity contribution in [3.8, 4) is 5.75 Å². The van der Waals surface area contributed by atoms with E-state index in [1.54, 1.807) is 12.1 Å². The Labute approximate surface area is 79.4 Å². The van der Waals surface area contributed by atoms with Crippen LogP contribution in [-0.4, -0.2) is 16.2 Å². The number of phenolic OH excluding ortho intramolecular Hbond substituents is 1. The molecule has 2 aromatic rings. The zero-order chi connectivity index (χ0) is 10.1. The molecule has 0 aliphatic heterocycles. The maximum Gasteiger partial charge on any atom is 0.307 e. The van der Waals surface area contributed by atoms with E-state index < -0.39 is 5.97 Å². The van der Waals surface area contributed by atoms with Gasteiger partial charge in [-0.3, -0.25) is 4.79 Å². The number of hydrogen-bond donors (Lipinski definition) is 2. The number of rotatable bonds is 2. The second kappa shape index (κ2) is 3.06. The van der Waals surface area contributed by atoms with Crippen molar-refractivity contribution in [3.05, 3.63) is 30.0 Å². The molecule has 0 radical (unpaired) electrons. The summed E-state index contributed by atoms with van der Waals surface area (Å²) in [5, 5.41) is 18.6. The van der Waals surface area contributed by atoms with Crippen LogP contribution in [0.3, 0.4) is 0 Å². The first-order valence-corrected chi connectivity index (χ1v) is 4.08. The van der Waals surface area contributed by atoms with Gasteiger partial charge in [-0.15, -0.1) is 0 Å². The van der Waals surface area contributed by atoms with E-state index in [4.69, 9.17) is 9.52 Å². The molecule has 1 aromatic heterocycles. The Bertz CT molecular complexity index is 484. The standard InChI is InChI=1S/C10H8O4/c11-7-2-1-3-8-10(7)6(5-14-8)4-9(12)13/h1-3,5,11H,4H2,(H,12,13). The number of carbonyl (C=O) groups is 1. The highest BCUT2D eigenvalue weighted by Gasteiger charge is 2.12. The fraction of sp³-hybridized carbons (Fsp3) is 0.100. The van der Waals surface area contributed by atoms with Gasteiger partial charge in [0.1, 0.15) is 11.3 Å². The number of fused-ring (bicyclic) bond motifs is 1. The average Bonchev–Trinajstić information content (AvgIpc) is 2.49. The third kappa shape index (κ3) is 1.31. The number of hydrogen-bond acceptors (Lipinski definition) is 3. The van der Waals surface area contributed by atoms with Crippen molar-refractivity contribution >= 4 is 16.9 Å². The third-order valence-electron chi connectivity index (χ3n) is 2.00. The fourth-order valence-electron chi connectivity index (χ4n) is 1.43. The average molecular weight is 192 g/mol. The van der Waals surface area contributed by atoms with E-state index in [-0.39, 0.29) is 12.2 Å². The number of phenols is 1. The van der Waals surface area contributed by atoms with E-state index in [9.17, 15) is 9.90 Å². The zero-order valence-electron chi connectivity index (χ0n) is 7.23. The second-order valence-corrected chi connectivity index (χ2v) is 2.98. The Hall–Kier alpha value is -1.97. The van der Waals surface area contributed by atoms with Gasteiger partial charge < -0.3 is 14.6 Å². The zero-order valence-corrected chi connectivity index (χ0v) is 7.23. The molecule has 0 unspecified atom stereocenters. The summed E-state index contributed by atoms with van der Waals surface area (Å²) in [6, 6.07) is 4.83. The molecule has 0 aliphatic rings. The fourth-order valence-corrected chi connectivity index (χ4v) is 1.43. The van der Waals surface area contributed by atoms with Gasteiger partial charge in [0.2, 0.25) is 0 Å². The van der Waals surface area contributed by atoms with Crippen LogP contribution in [0, 0.1) is 0 Å². The van der Waals surface area contributed by atoms with Crippen LogP contribution in [0.5, 0.6) is 5.75 Å². The van der Waals surface area contributed by atoms with Crippen LogP contribution in [0.1, 0.15) is 5.56 Å². The number of carboxylic acids is 1. The SMILES string of the molecule is O=C(O)Cc1coc2cccc(O)c12. The van der Waals surface area contributed by atoms with Gasteiger partial charge in [-0.1, -0.05) is 6.07 Å². The van der Waals surface area contributed by atoms with E-state index in [1.807, 2.05) is 0 Å². The summed E-state index contributed by atoms with van der Waals surface area (Å²) in [7, 11) is 0. The predicted octanol–water partition coefficient (Wildman–Crippen LogP) is 1.77. The van der Waals surface area contributed by atoms with E-state index in [0.717, 1.165) is 0 Å². The lowest BCUT2D eigenvalue weighted by molar-refractivity contribution is -0.136. The largest absolute Gasteiger partial charge is 0.507 e. The molecule has 0 fully saturated rings. The molecule has 1 aromatic carbocycles. The number of carboxylic acid groups (broad SMARTS) is 1. The summed E-state index contributed by atoms with van der Waals surface area (Å²) >= 11 is 0. The molecule has 0 amide bonds. The summed E-state index contributed by atoms with van der Waals surface area (Å²) in [6.45, 7) is 0. The van der Waals surface area contributed by atoms with E-state index in [0.29, 0.717) is 16.5 Å². The Balaban J connectivity index is 2.61. The second-order valence-electron chi connectivity index (χ2n) is 2.98. The summed E-state index contributed by atoms with van der Waals surface area (Å²) in [6.07, 6.45) is 1.21. The third-order valence-corrected chi connectivity index (χ3v) is 2.00. The maximum absolute atomic E-state index is 10.5. The van der Waals surface area contributed by atoms with E-state index >= 15 is 0 Å². The quantitative estimate of drug-likeness (QED) is 0.760. The van der Waals surface area contributed by atoms with Crippen LogP contribution < -0.4 is 0 Å². The normalized spacial score (nSPS) is 10.6. The van der Waals surface area contributed by atoms with Crippen molar-refractivity contribution in [1.82, 2.24) is 0 Å². The van der Waals surface area contributed by atoms with Crippen molar-refractivity contribution in [1.29, 1.82) is 0 Å². The predicted molar refractivity (Wildman–Crippen MR) is 49.2 cm³/mol. The first-order chi connectivity index (χ1) is 6.68. The molecule has 2 rings (SSSR count). The minimum absolute atomic E-state index is 0.0486. The summed E-state index contributed by atoms with van der Waals surface area (Å²) in [5.74, 6) is -0.900. The highest BCUT2D eigenvalue weighted by Crippen LogP contribution is 2.29. The smallest absolute Gasteiger partial charge is 0.307 e. The molecule has 0 atom stereocenters. The molecule has 0 bridgehead atoms. The van der Waals surface area contributed by atoms with Gasteiger partial charge in [0.15, 0.2) is 0 Å². The molecule has 14 heavy (non-hydrogen) atoms. The van der Waals surface area contributed by atoms with Gasteiger partial charge >= 0.3 is 5.97 Å². The molecule has 4 nitrogen and oxygen atoms in total. The lowest BCUT2D eigenvalue weighted by atomic mass is 10.1. The molecule has 0 saturated carbocycles. The van der Waals surface area contributed by atoms with Crippen LogP contribution in [0.2, 0.25) is 0 Å². The molecule has 4 heteroatoms. The first kappa shape index (κ1) is 8.62. The summed E-state index contributed by atoms with van der Waals surface area (Å²) in [4.78, 5) is 10.5. The topological polar surface area (TPSA) is 70.7 Å². The van der Waals surface area contributed by atoms with E-state index in [1.165, 1.54) is 12.3 Å². The molecule has 0 aliphatic carbocycles. The molecule has 0 spiro atoms. The molecule has 1 heterocycles. The number of aliphatic carboxylic acids is 1. The van der Waals surface area contributed by atoms with Gasteiger partial charge in [-0.25, -0.2) is 0 Å². The van der Waals surface area contributed by atoms with Crippen molar-refractivity contribution in [2.45, 2.75) is 6.42 Å². The van der Waals surface area contributed by atoms with Gasteiger partial charge in [0.25, 0.3) is 0 Å². The number of benzene rings is 1. The van der Waals surface area contributed by atoms with Gasteiger partial charge in [-0.2, -0.15) is 0 Å². The van der Waals surface area contributed by atoms with Crippen molar-refractivity contribution in [2.24, 2.45) is 0 Å². The summed E-state index contributed by atoms with van der Waals surface area (Å²) < 4.78 is 5.11. The van der Waals surface area contributed by atoms with Gasteiger partial charge in [-0.05, 0) is 12.1 Å². The van der Waals surface area contributed by atoms with Crippen molar-refractivity contribution in [3.63, 3.8) is 0 Å². The molecule has 2 N–H and O–H groups in total. The minimum Gasteiger partial charge on any atom is -0.507 e. The first-order valence-electron chi connectivity index (χ1n) is 4.08. The lowest BCUT2D eigenvalue weighted by Crippen LogP contribution is -1.98. The minimum atomic E-state index is -0.948. The monoisotopic (exact) mass is 192 g/mol. The van der Waals surface area contributed by atoms with Crippen LogP contribution >= 0.6 is 0 Å². The lowest BCUT2D eigenvalue weighted by Gasteiger charge is -1.95. The molecule has 72 valence electrons. The Kier molecular flexibility index (Phi) is 1.89. The van der Waals surface area contributed by atoms with E-state index in [2.05, 4.69) is 0 Å². The molecular weight excluding hydrogens is 184 g/mol. The van der Waals surface area contributed by atoms with Crippen molar-refractivity contribution < 1.29 is 19.4 Å². The van der Waals surface area contributed by atoms with Crippen LogP contribution in [-0.2, 0) is 11.2 Å². The van der Waals surface area contributed by atoms with Crippen molar-refractivity contribution in [2.75, 3.05) is 0 Å². The van der Waals surface area contributed by atoms with Gasteiger partial charge in [0, 0.05) is 5.56 Å². The maximum atomic E-state index is 10.5.